The predicted molar refractivity (Wildman–Crippen MR) is 350 cm³/mol. The molecular formula is C75H54B3N3. The molecule has 3 aliphatic rings. The average Bonchev–Trinajstić information content (AvgIpc) is 4.40. The summed E-state index contributed by atoms with van der Waals surface area (Å²) < 4.78 is 7.40. The van der Waals surface area contributed by atoms with Gasteiger partial charge in [0.05, 0.1) is 16.6 Å². The molecule has 0 spiro atoms. The van der Waals surface area contributed by atoms with Crippen LogP contribution < -0.4 is 49.2 Å². The number of nitrogens with zero attached hydrogens (tertiary/aromatic N) is 3. The van der Waals surface area contributed by atoms with Gasteiger partial charge in [-0.2, -0.15) is 0 Å². The molecule has 0 saturated carbocycles. The zero-order chi connectivity index (χ0) is 53.9. The number of fused-ring (bicyclic) bond motifs is 15. The van der Waals surface area contributed by atoms with Gasteiger partial charge in [0.2, 0.25) is 20.1 Å². The van der Waals surface area contributed by atoms with Crippen molar-refractivity contribution in [2.45, 2.75) is 20.8 Å². The third-order valence-corrected chi connectivity index (χ3v) is 17.9. The summed E-state index contributed by atoms with van der Waals surface area (Å²) >= 11 is 0. The molecule has 0 fully saturated rings. The third kappa shape index (κ3) is 7.12. The lowest BCUT2D eigenvalue weighted by atomic mass is 9.35. The fourth-order valence-electron chi connectivity index (χ4n) is 14.6. The van der Waals surface area contributed by atoms with Gasteiger partial charge in [-0.25, -0.2) is 0 Å². The van der Waals surface area contributed by atoms with Crippen molar-refractivity contribution in [2.75, 3.05) is 0 Å². The molecule has 81 heavy (non-hydrogen) atoms. The Morgan fingerprint density at radius 3 is 1.20 bits per heavy atom. The lowest BCUT2D eigenvalue weighted by Crippen LogP contribution is -2.56. The number of benzene rings is 12. The van der Waals surface area contributed by atoms with Crippen LogP contribution in [-0.4, -0.2) is 33.8 Å². The molecule has 0 atom stereocenters. The fourth-order valence-corrected chi connectivity index (χ4v) is 14.6. The first-order valence-corrected chi connectivity index (χ1v) is 28.5. The van der Waals surface area contributed by atoms with E-state index in [0.29, 0.717) is 0 Å². The Morgan fingerprint density at radius 1 is 0.247 bits per heavy atom. The molecule has 0 radical (unpaired) electrons. The van der Waals surface area contributed by atoms with Crippen molar-refractivity contribution >= 4 is 135 Å². The Kier molecular flexibility index (Phi) is 10.9. The van der Waals surface area contributed by atoms with Crippen molar-refractivity contribution in [3.63, 3.8) is 0 Å². The van der Waals surface area contributed by atoms with Crippen molar-refractivity contribution < 1.29 is 0 Å². The zero-order valence-corrected chi connectivity index (χ0v) is 45.6. The summed E-state index contributed by atoms with van der Waals surface area (Å²) in [5.41, 5.74) is 28.3. The van der Waals surface area contributed by atoms with Crippen molar-refractivity contribution in [3.05, 3.63) is 290 Å². The molecule has 378 valence electrons. The number of hydrogen-bond donors (Lipinski definition) is 0. The smallest absolute Gasteiger partial charge is 0.247 e. The highest BCUT2D eigenvalue weighted by atomic mass is 15.0. The standard InChI is InChI=1S/3C25H18BN/c1-17-9-2-4-12-20(17)26-21-13-5-7-16-24(21)27-23-15-6-3-10-18(23)19-11-8-14-22(26)25(19)27;1-17-8-6-9-18(16-17)26-21-12-3-5-15-24(21)27-23-14-4-2-10-19(23)20-11-7-13-22(26)25(20)27;1-17-15-16-20-19-11-5-7-13-22(19)27-23-14-8-6-12-21(23)26(24(17)25(20)27)18-9-3-2-4-10-18/h3*2-16H,1H3. The lowest BCUT2D eigenvalue weighted by Gasteiger charge is -2.28. The van der Waals surface area contributed by atoms with E-state index in [1.165, 1.54) is 148 Å². The molecule has 18 rings (SSSR count). The third-order valence-electron chi connectivity index (χ3n) is 17.9. The molecule has 6 heteroatoms. The highest BCUT2D eigenvalue weighted by molar-refractivity contribution is 6.99. The number of para-hydroxylation sites is 8. The Labute approximate surface area is 473 Å². The average molecular weight is 1030 g/mol. The molecular weight excluding hydrogens is 975 g/mol. The first-order chi connectivity index (χ1) is 40.0. The second kappa shape index (κ2) is 18.7. The van der Waals surface area contributed by atoms with Crippen LogP contribution in [0.15, 0.2) is 273 Å². The van der Waals surface area contributed by atoms with E-state index >= 15 is 0 Å². The van der Waals surface area contributed by atoms with Crippen LogP contribution in [0, 0.1) is 20.8 Å². The summed E-state index contributed by atoms with van der Waals surface area (Å²) in [6.07, 6.45) is 0. The van der Waals surface area contributed by atoms with Crippen LogP contribution >= 0.6 is 0 Å². The molecule has 12 aromatic carbocycles. The Hall–Kier alpha value is -9.77. The summed E-state index contributed by atoms with van der Waals surface area (Å²) in [6.45, 7) is 7.45. The second-order valence-electron chi connectivity index (χ2n) is 22.4. The maximum absolute atomic E-state index is 2.47. The van der Waals surface area contributed by atoms with Crippen molar-refractivity contribution in [2.24, 2.45) is 0 Å². The van der Waals surface area contributed by atoms with Crippen molar-refractivity contribution in [3.8, 4) is 17.1 Å². The Morgan fingerprint density at radius 2 is 0.642 bits per heavy atom. The van der Waals surface area contributed by atoms with Crippen LogP contribution in [0.2, 0.25) is 0 Å². The van der Waals surface area contributed by atoms with Crippen molar-refractivity contribution in [1.29, 1.82) is 0 Å². The van der Waals surface area contributed by atoms with Crippen LogP contribution in [-0.2, 0) is 0 Å². The molecule has 15 aromatic rings. The molecule has 0 saturated heterocycles. The highest BCUT2D eigenvalue weighted by Gasteiger charge is 2.37. The second-order valence-corrected chi connectivity index (χ2v) is 22.4. The molecule has 0 amide bonds. The van der Waals surface area contributed by atoms with Crippen LogP contribution in [0.4, 0.5) is 0 Å². The molecule has 3 aromatic heterocycles. The molecule has 0 bridgehead atoms. The first-order valence-electron chi connectivity index (χ1n) is 28.5. The molecule has 0 aliphatic carbocycles. The van der Waals surface area contributed by atoms with Gasteiger partial charge >= 0.3 is 0 Å². The lowest BCUT2D eigenvalue weighted by molar-refractivity contribution is 1.19. The summed E-state index contributed by atoms with van der Waals surface area (Å²) in [5, 5.41) is 8.02. The van der Waals surface area contributed by atoms with E-state index in [0.717, 1.165) is 0 Å². The minimum absolute atomic E-state index is 0.265. The van der Waals surface area contributed by atoms with Gasteiger partial charge in [-0.15, -0.1) is 0 Å². The van der Waals surface area contributed by atoms with Gasteiger partial charge in [0, 0.05) is 65.9 Å². The van der Waals surface area contributed by atoms with Crippen molar-refractivity contribution in [1.82, 2.24) is 13.7 Å². The van der Waals surface area contributed by atoms with Gasteiger partial charge in [-0.3, -0.25) is 0 Å². The first kappa shape index (κ1) is 47.3. The maximum Gasteiger partial charge on any atom is 0.247 e. The van der Waals surface area contributed by atoms with Gasteiger partial charge in [0.25, 0.3) is 0 Å². The molecule has 6 heterocycles. The van der Waals surface area contributed by atoms with Gasteiger partial charge in [-0.05, 0) is 89.9 Å². The quantitative estimate of drug-likeness (QED) is 0.157. The van der Waals surface area contributed by atoms with Crippen LogP contribution in [0.25, 0.3) is 82.5 Å². The minimum atomic E-state index is 0.265. The van der Waals surface area contributed by atoms with E-state index in [-0.39, 0.29) is 20.1 Å². The fraction of sp³-hybridized carbons (Fsp3) is 0.0400. The topological polar surface area (TPSA) is 14.8 Å². The zero-order valence-electron chi connectivity index (χ0n) is 45.6. The predicted octanol–water partition coefficient (Wildman–Crippen LogP) is 11.8. The van der Waals surface area contributed by atoms with Crippen LogP contribution in [0.1, 0.15) is 16.7 Å². The van der Waals surface area contributed by atoms with Gasteiger partial charge in [-0.1, -0.05) is 270 Å². The van der Waals surface area contributed by atoms with Gasteiger partial charge < -0.3 is 13.7 Å². The van der Waals surface area contributed by atoms with Gasteiger partial charge in [0.1, 0.15) is 0 Å². The van der Waals surface area contributed by atoms with Crippen LogP contribution in [0.5, 0.6) is 0 Å². The summed E-state index contributed by atoms with van der Waals surface area (Å²) in [5.74, 6) is 0. The summed E-state index contributed by atoms with van der Waals surface area (Å²) in [7, 11) is 0. The van der Waals surface area contributed by atoms with E-state index in [1.54, 1.807) is 0 Å². The van der Waals surface area contributed by atoms with E-state index in [2.05, 4.69) is 307 Å². The van der Waals surface area contributed by atoms with E-state index in [4.69, 9.17) is 0 Å². The monoisotopic (exact) mass is 1030 g/mol. The highest BCUT2D eigenvalue weighted by Crippen LogP contribution is 2.36. The van der Waals surface area contributed by atoms with Gasteiger partial charge in [0.15, 0.2) is 0 Å². The number of aryl methyl sites for hydroxylation is 3. The SMILES string of the molecule is Cc1ccc2c3ccccc3n3c2c1B(c1ccccc1)c1ccccc1-3.Cc1cccc(B2c3ccccc3-n3c4ccccc4c4cccc2c43)c1.Cc1ccccc1B1c2ccccc2-n2c3ccccc3c3cccc1c32. The Balaban J connectivity index is 0.000000100. The number of rotatable bonds is 3. The Bertz CT molecular complexity index is 5010. The summed E-state index contributed by atoms with van der Waals surface area (Å²) in [4.78, 5) is 0. The minimum Gasteiger partial charge on any atom is -0.310 e. The van der Waals surface area contributed by atoms with E-state index in [9.17, 15) is 0 Å². The van der Waals surface area contributed by atoms with Crippen LogP contribution in [0.3, 0.4) is 0 Å². The van der Waals surface area contributed by atoms with E-state index in [1.807, 2.05) is 0 Å². The van der Waals surface area contributed by atoms with E-state index < -0.39 is 0 Å². The normalized spacial score (nSPS) is 12.6. The number of aromatic nitrogens is 3. The molecule has 0 N–H and O–H groups in total. The molecule has 0 unspecified atom stereocenters. The molecule has 3 aliphatic heterocycles. The maximum atomic E-state index is 2.47. The largest absolute Gasteiger partial charge is 0.310 e. The summed E-state index contributed by atoms with van der Waals surface area (Å²) in [6, 6.07) is 99.8. The number of hydrogen-bond acceptors (Lipinski definition) is 0. The molecule has 3 nitrogen and oxygen atoms in total.